The van der Waals surface area contributed by atoms with Crippen LogP contribution >= 0.6 is 0 Å². The number of benzene rings is 3. The highest BCUT2D eigenvalue weighted by atomic mass is 16.1. The number of carbonyl (C=O) groups excluding carboxylic acids is 1. The first-order valence-electron chi connectivity index (χ1n) is 8.16. The Morgan fingerprint density at radius 1 is 0.792 bits per heavy atom. The monoisotopic (exact) mass is 313 g/mol. The summed E-state index contributed by atoms with van der Waals surface area (Å²) in [4.78, 5) is 13.4. The summed E-state index contributed by atoms with van der Waals surface area (Å²) < 4.78 is 2.10. The number of hydrogen-bond donors (Lipinski definition) is 0. The summed E-state index contributed by atoms with van der Waals surface area (Å²) in [6.45, 7) is 4.10. The molecule has 0 atom stereocenters. The SMILES string of the molecule is Cc1ccc(C(=O)c2c(C)n(C)c3ccccc23)c2ccccc12. The number of fused-ring (bicyclic) bond motifs is 2. The number of ketones is 1. The number of aromatic nitrogens is 1. The van der Waals surface area contributed by atoms with E-state index in [0.717, 1.165) is 38.5 Å². The van der Waals surface area contributed by atoms with Gasteiger partial charge in [0.2, 0.25) is 0 Å². The van der Waals surface area contributed by atoms with E-state index in [0.29, 0.717) is 0 Å². The van der Waals surface area contributed by atoms with Crippen LogP contribution in [0.1, 0.15) is 27.2 Å². The molecule has 0 N–H and O–H groups in total. The summed E-state index contributed by atoms with van der Waals surface area (Å²) in [5.74, 6) is 0.0977. The number of aryl methyl sites for hydroxylation is 2. The summed E-state index contributed by atoms with van der Waals surface area (Å²) in [6.07, 6.45) is 0. The molecule has 0 unspecified atom stereocenters. The lowest BCUT2D eigenvalue weighted by Gasteiger charge is -2.09. The maximum absolute atomic E-state index is 13.4. The van der Waals surface area contributed by atoms with E-state index in [-0.39, 0.29) is 5.78 Å². The van der Waals surface area contributed by atoms with Gasteiger partial charge in [-0.3, -0.25) is 4.79 Å². The lowest BCUT2D eigenvalue weighted by Crippen LogP contribution is -2.05. The second kappa shape index (κ2) is 5.34. The van der Waals surface area contributed by atoms with Crippen molar-refractivity contribution in [2.45, 2.75) is 13.8 Å². The van der Waals surface area contributed by atoms with E-state index >= 15 is 0 Å². The minimum atomic E-state index is 0.0977. The fourth-order valence-corrected chi connectivity index (χ4v) is 3.59. The average Bonchev–Trinajstić information content (AvgIpc) is 2.86. The maximum Gasteiger partial charge on any atom is 0.196 e. The topological polar surface area (TPSA) is 22.0 Å². The Morgan fingerprint density at radius 2 is 1.42 bits per heavy atom. The van der Waals surface area contributed by atoms with Gasteiger partial charge in [0.05, 0.1) is 5.56 Å². The highest BCUT2D eigenvalue weighted by Gasteiger charge is 2.21. The second-order valence-corrected chi connectivity index (χ2v) is 6.34. The predicted octanol–water partition coefficient (Wildman–Crippen LogP) is 5.18. The Kier molecular flexibility index (Phi) is 3.27. The van der Waals surface area contributed by atoms with Gasteiger partial charge in [0.25, 0.3) is 0 Å². The Morgan fingerprint density at radius 3 is 2.17 bits per heavy atom. The molecule has 2 nitrogen and oxygen atoms in total. The van der Waals surface area contributed by atoms with Gasteiger partial charge in [-0.25, -0.2) is 0 Å². The fraction of sp³-hybridized carbons (Fsp3) is 0.136. The lowest BCUT2D eigenvalue weighted by atomic mass is 9.93. The van der Waals surface area contributed by atoms with Crippen LogP contribution in [0.25, 0.3) is 21.7 Å². The second-order valence-electron chi connectivity index (χ2n) is 6.34. The molecule has 0 aliphatic rings. The minimum absolute atomic E-state index is 0.0977. The Balaban J connectivity index is 2.02. The highest BCUT2D eigenvalue weighted by molar-refractivity contribution is 6.22. The molecule has 3 aromatic carbocycles. The third-order valence-electron chi connectivity index (χ3n) is 5.01. The molecule has 0 saturated carbocycles. The van der Waals surface area contributed by atoms with Crippen LogP contribution < -0.4 is 0 Å². The molecule has 0 saturated heterocycles. The van der Waals surface area contributed by atoms with Crippen molar-refractivity contribution in [3.8, 4) is 0 Å². The number of rotatable bonds is 2. The molecule has 24 heavy (non-hydrogen) atoms. The molecule has 118 valence electrons. The standard InChI is InChI=1S/C22H19NO/c1-14-12-13-18(17-9-5-4-8-16(14)17)22(24)21-15(2)23(3)20-11-7-6-10-19(20)21/h4-13H,1-3H3. The molecule has 1 aromatic heterocycles. The summed E-state index contributed by atoms with van der Waals surface area (Å²) in [5.41, 5.74) is 4.87. The van der Waals surface area contributed by atoms with Crippen molar-refractivity contribution in [2.24, 2.45) is 7.05 Å². The fourth-order valence-electron chi connectivity index (χ4n) is 3.59. The van der Waals surface area contributed by atoms with Gasteiger partial charge in [-0.2, -0.15) is 0 Å². The summed E-state index contributed by atoms with van der Waals surface area (Å²) >= 11 is 0. The van der Waals surface area contributed by atoms with Gasteiger partial charge in [0.1, 0.15) is 0 Å². The van der Waals surface area contributed by atoms with Crippen LogP contribution in [0, 0.1) is 13.8 Å². The molecular weight excluding hydrogens is 294 g/mol. The van der Waals surface area contributed by atoms with Crippen molar-refractivity contribution in [1.82, 2.24) is 4.57 Å². The predicted molar refractivity (Wildman–Crippen MR) is 99.8 cm³/mol. The molecule has 0 amide bonds. The molecule has 0 aliphatic heterocycles. The van der Waals surface area contributed by atoms with E-state index in [1.165, 1.54) is 5.56 Å². The number of nitrogens with zero attached hydrogens (tertiary/aromatic N) is 1. The molecule has 4 rings (SSSR count). The van der Waals surface area contributed by atoms with Crippen molar-refractivity contribution >= 4 is 27.5 Å². The zero-order chi connectivity index (χ0) is 16.8. The molecule has 0 aliphatic carbocycles. The first-order valence-corrected chi connectivity index (χ1v) is 8.16. The van der Waals surface area contributed by atoms with E-state index in [1.54, 1.807) is 0 Å². The van der Waals surface area contributed by atoms with Crippen LogP contribution in [0.2, 0.25) is 0 Å². The van der Waals surface area contributed by atoms with Crippen molar-refractivity contribution in [3.05, 3.63) is 83.0 Å². The zero-order valence-corrected chi connectivity index (χ0v) is 14.1. The largest absolute Gasteiger partial charge is 0.347 e. The van der Waals surface area contributed by atoms with Crippen molar-refractivity contribution in [1.29, 1.82) is 0 Å². The lowest BCUT2D eigenvalue weighted by molar-refractivity contribution is 0.104. The highest BCUT2D eigenvalue weighted by Crippen LogP contribution is 2.30. The molecular formula is C22H19NO. The van der Waals surface area contributed by atoms with E-state index in [2.05, 4.69) is 23.6 Å². The van der Waals surface area contributed by atoms with Gasteiger partial charge < -0.3 is 4.57 Å². The van der Waals surface area contributed by atoms with E-state index in [1.807, 2.05) is 62.5 Å². The molecule has 0 radical (unpaired) electrons. The van der Waals surface area contributed by atoms with Crippen LogP contribution in [0.5, 0.6) is 0 Å². The van der Waals surface area contributed by atoms with E-state index in [9.17, 15) is 4.79 Å². The molecule has 1 heterocycles. The number of hydrogen-bond acceptors (Lipinski definition) is 1. The quantitative estimate of drug-likeness (QED) is 0.467. The zero-order valence-electron chi connectivity index (χ0n) is 14.1. The van der Waals surface area contributed by atoms with Gasteiger partial charge in [0, 0.05) is 29.2 Å². The van der Waals surface area contributed by atoms with E-state index in [4.69, 9.17) is 0 Å². The first kappa shape index (κ1) is 14.7. The van der Waals surface area contributed by atoms with Crippen LogP contribution in [0.15, 0.2) is 60.7 Å². The smallest absolute Gasteiger partial charge is 0.196 e. The first-order chi connectivity index (χ1) is 11.6. The van der Waals surface area contributed by atoms with Crippen LogP contribution in [-0.2, 0) is 7.05 Å². The van der Waals surface area contributed by atoms with Crippen LogP contribution in [0.3, 0.4) is 0 Å². The van der Waals surface area contributed by atoms with Crippen LogP contribution in [-0.4, -0.2) is 10.4 Å². The van der Waals surface area contributed by atoms with Crippen molar-refractivity contribution < 1.29 is 4.79 Å². The average molecular weight is 313 g/mol. The van der Waals surface area contributed by atoms with Gasteiger partial charge in [-0.15, -0.1) is 0 Å². The molecule has 0 fully saturated rings. The number of carbonyl (C=O) groups is 1. The van der Waals surface area contributed by atoms with Gasteiger partial charge in [0.15, 0.2) is 5.78 Å². The van der Waals surface area contributed by atoms with Gasteiger partial charge in [-0.1, -0.05) is 54.6 Å². The minimum Gasteiger partial charge on any atom is -0.347 e. The summed E-state index contributed by atoms with van der Waals surface area (Å²) in [5, 5.41) is 3.18. The van der Waals surface area contributed by atoms with Gasteiger partial charge >= 0.3 is 0 Å². The molecule has 0 bridgehead atoms. The van der Waals surface area contributed by atoms with Crippen LogP contribution in [0.4, 0.5) is 0 Å². The third-order valence-corrected chi connectivity index (χ3v) is 5.01. The summed E-state index contributed by atoms with van der Waals surface area (Å²) in [6, 6.07) is 20.2. The molecule has 0 spiro atoms. The Labute approximate surface area is 141 Å². The van der Waals surface area contributed by atoms with E-state index < -0.39 is 0 Å². The Hall–Kier alpha value is -2.87. The normalized spacial score (nSPS) is 11.3. The third kappa shape index (κ3) is 2.00. The molecule has 4 aromatic rings. The number of para-hydroxylation sites is 1. The Bertz CT molecular complexity index is 1100. The molecule has 2 heteroatoms. The summed E-state index contributed by atoms with van der Waals surface area (Å²) in [7, 11) is 2.02. The van der Waals surface area contributed by atoms with Crippen molar-refractivity contribution in [2.75, 3.05) is 0 Å². The maximum atomic E-state index is 13.4. The van der Waals surface area contributed by atoms with Crippen molar-refractivity contribution in [3.63, 3.8) is 0 Å². The van der Waals surface area contributed by atoms with Gasteiger partial charge in [-0.05, 0) is 36.2 Å².